The number of amides is 1. The highest BCUT2D eigenvalue weighted by Crippen LogP contribution is 2.22. The van der Waals surface area contributed by atoms with E-state index in [9.17, 15) is 14.0 Å². The van der Waals surface area contributed by atoms with Gasteiger partial charge in [0.1, 0.15) is 5.82 Å². The van der Waals surface area contributed by atoms with Crippen molar-refractivity contribution in [2.75, 3.05) is 5.32 Å². The Hall–Kier alpha value is -3.47. The number of fused-ring (bicyclic) bond motifs is 2. The van der Waals surface area contributed by atoms with Crippen molar-refractivity contribution in [2.45, 2.75) is 6.92 Å². The van der Waals surface area contributed by atoms with Crippen molar-refractivity contribution in [3.05, 3.63) is 87.8 Å². The summed E-state index contributed by atoms with van der Waals surface area (Å²) in [7, 11) is 0. The number of pyridine rings is 1. The molecule has 4 aromatic rings. The van der Waals surface area contributed by atoms with Gasteiger partial charge in [-0.15, -0.1) is 0 Å². The first-order chi connectivity index (χ1) is 12.6. The molecule has 0 aliphatic heterocycles. The molecule has 1 aromatic heterocycles. The fraction of sp³-hybridized carbons (Fsp3) is 0.0476. The van der Waals surface area contributed by atoms with Gasteiger partial charge >= 0.3 is 0 Å². The number of anilines is 1. The van der Waals surface area contributed by atoms with Crippen LogP contribution in [0.3, 0.4) is 0 Å². The van der Waals surface area contributed by atoms with Crippen LogP contribution in [0.2, 0.25) is 0 Å². The van der Waals surface area contributed by atoms with Crippen LogP contribution < -0.4 is 10.7 Å². The monoisotopic (exact) mass is 346 g/mol. The van der Waals surface area contributed by atoms with Gasteiger partial charge in [-0.2, -0.15) is 0 Å². The van der Waals surface area contributed by atoms with E-state index in [0.717, 1.165) is 5.56 Å². The number of halogens is 1. The second-order valence-electron chi connectivity index (χ2n) is 6.11. The largest absolute Gasteiger partial charge is 0.351 e. The molecule has 0 saturated heterocycles. The molecule has 0 atom stereocenters. The summed E-state index contributed by atoms with van der Waals surface area (Å²) in [6.45, 7) is 1.89. The van der Waals surface area contributed by atoms with Gasteiger partial charge in [-0.3, -0.25) is 9.59 Å². The van der Waals surface area contributed by atoms with Crippen molar-refractivity contribution in [2.24, 2.45) is 0 Å². The van der Waals surface area contributed by atoms with Gasteiger partial charge in [0.25, 0.3) is 5.91 Å². The Morgan fingerprint density at radius 2 is 1.62 bits per heavy atom. The molecule has 0 spiro atoms. The van der Waals surface area contributed by atoms with E-state index in [4.69, 9.17) is 0 Å². The quantitative estimate of drug-likeness (QED) is 0.529. The Bertz CT molecular complexity index is 1230. The van der Waals surface area contributed by atoms with Crippen LogP contribution in [-0.2, 0) is 0 Å². The van der Waals surface area contributed by atoms with Gasteiger partial charge in [0.05, 0.1) is 16.6 Å². The number of aryl methyl sites for hydroxylation is 1. The van der Waals surface area contributed by atoms with Crippen LogP contribution >= 0.6 is 0 Å². The second-order valence-corrected chi connectivity index (χ2v) is 6.11. The Balaban J connectivity index is 1.92. The van der Waals surface area contributed by atoms with Crippen molar-refractivity contribution in [1.29, 1.82) is 0 Å². The van der Waals surface area contributed by atoms with Gasteiger partial charge in [0, 0.05) is 16.5 Å². The van der Waals surface area contributed by atoms with E-state index in [-0.39, 0.29) is 27.8 Å². The predicted octanol–water partition coefficient (Wildman–Crippen LogP) is 4.38. The summed E-state index contributed by atoms with van der Waals surface area (Å²) in [5, 5.41) is 3.45. The summed E-state index contributed by atoms with van der Waals surface area (Å²) < 4.78 is 14.2. The van der Waals surface area contributed by atoms with E-state index in [1.807, 2.05) is 25.1 Å². The number of rotatable bonds is 2. The number of nitrogens with one attached hydrogen (secondary N) is 2. The van der Waals surface area contributed by atoms with Gasteiger partial charge in [-0.1, -0.05) is 30.3 Å². The lowest BCUT2D eigenvalue weighted by Crippen LogP contribution is -2.15. The Morgan fingerprint density at radius 1 is 0.923 bits per heavy atom. The van der Waals surface area contributed by atoms with Gasteiger partial charge < -0.3 is 10.3 Å². The van der Waals surface area contributed by atoms with Crippen LogP contribution in [0.25, 0.3) is 21.8 Å². The van der Waals surface area contributed by atoms with Crippen LogP contribution in [0.4, 0.5) is 10.1 Å². The molecule has 0 radical (unpaired) electrons. The number of para-hydroxylation sites is 3. The summed E-state index contributed by atoms with van der Waals surface area (Å²) in [5.41, 5.74) is 2.00. The number of hydrogen-bond acceptors (Lipinski definition) is 2. The third-order valence-corrected chi connectivity index (χ3v) is 4.46. The second kappa shape index (κ2) is 6.11. The van der Waals surface area contributed by atoms with E-state index in [0.29, 0.717) is 16.6 Å². The topological polar surface area (TPSA) is 62.0 Å². The highest BCUT2D eigenvalue weighted by atomic mass is 19.1. The molecule has 0 bridgehead atoms. The minimum atomic E-state index is -0.532. The van der Waals surface area contributed by atoms with Gasteiger partial charge in [0.2, 0.25) is 0 Å². The maximum Gasteiger partial charge on any atom is 0.257 e. The number of benzene rings is 3. The first-order valence-corrected chi connectivity index (χ1v) is 8.16. The molecule has 3 aromatic carbocycles. The molecule has 0 unspecified atom stereocenters. The van der Waals surface area contributed by atoms with E-state index < -0.39 is 5.82 Å². The molecule has 5 heteroatoms. The number of aromatic amines is 1. The molecule has 4 nitrogen and oxygen atoms in total. The lowest BCUT2D eigenvalue weighted by Gasteiger charge is -2.11. The number of carbonyl (C=O) groups excluding carboxylic acids is 1. The molecule has 0 fully saturated rings. The van der Waals surface area contributed by atoms with E-state index in [2.05, 4.69) is 10.3 Å². The Kier molecular flexibility index (Phi) is 3.77. The first-order valence-electron chi connectivity index (χ1n) is 8.16. The third kappa shape index (κ3) is 2.54. The predicted molar refractivity (Wildman–Crippen MR) is 101 cm³/mol. The van der Waals surface area contributed by atoms with Crippen molar-refractivity contribution < 1.29 is 9.18 Å². The summed E-state index contributed by atoms with van der Waals surface area (Å²) in [6, 6.07) is 16.6. The zero-order chi connectivity index (χ0) is 18.3. The van der Waals surface area contributed by atoms with Crippen molar-refractivity contribution >= 4 is 33.4 Å². The lowest BCUT2D eigenvalue weighted by atomic mass is 10.1. The molecule has 0 saturated carbocycles. The van der Waals surface area contributed by atoms with E-state index in [1.54, 1.807) is 30.3 Å². The summed E-state index contributed by atoms with van der Waals surface area (Å²) >= 11 is 0. The molecule has 26 heavy (non-hydrogen) atoms. The number of carbonyl (C=O) groups is 1. The number of H-pyrrole nitrogens is 1. The maximum atomic E-state index is 14.2. The molecule has 1 heterocycles. The fourth-order valence-corrected chi connectivity index (χ4v) is 3.08. The smallest absolute Gasteiger partial charge is 0.257 e. The van der Waals surface area contributed by atoms with Crippen molar-refractivity contribution in [3.63, 3.8) is 0 Å². The molecule has 1 amide bonds. The summed E-state index contributed by atoms with van der Waals surface area (Å²) in [5.74, 6) is -0.896. The van der Waals surface area contributed by atoms with Crippen LogP contribution in [0.5, 0.6) is 0 Å². The van der Waals surface area contributed by atoms with Crippen LogP contribution in [0.15, 0.2) is 65.5 Å². The SMILES string of the molecule is Cc1ccccc1NC(=O)c1cccc2c(=O)c3cccc(F)c3[nH]c12. The molecular formula is C21H15FN2O2. The minimum Gasteiger partial charge on any atom is -0.351 e. The first kappa shape index (κ1) is 16.0. The van der Waals surface area contributed by atoms with E-state index >= 15 is 0 Å². The fourth-order valence-electron chi connectivity index (χ4n) is 3.08. The third-order valence-electron chi connectivity index (χ3n) is 4.46. The highest BCUT2D eigenvalue weighted by Gasteiger charge is 2.15. The highest BCUT2D eigenvalue weighted by molar-refractivity contribution is 6.13. The molecular weight excluding hydrogens is 331 g/mol. The van der Waals surface area contributed by atoms with Crippen molar-refractivity contribution in [1.82, 2.24) is 4.98 Å². The molecule has 128 valence electrons. The number of hydrogen-bond donors (Lipinski definition) is 2. The average molecular weight is 346 g/mol. The molecule has 2 N–H and O–H groups in total. The number of aromatic nitrogens is 1. The van der Waals surface area contributed by atoms with Crippen molar-refractivity contribution in [3.8, 4) is 0 Å². The Morgan fingerprint density at radius 3 is 2.38 bits per heavy atom. The van der Waals surface area contributed by atoms with Crippen LogP contribution in [-0.4, -0.2) is 10.9 Å². The zero-order valence-electron chi connectivity index (χ0n) is 14.0. The molecule has 0 aliphatic rings. The van der Waals surface area contributed by atoms with Crippen LogP contribution in [0.1, 0.15) is 15.9 Å². The standard InChI is InChI=1S/C21H15FN2O2/c1-12-6-2-3-11-17(12)23-21(26)15-9-4-7-13-18(15)24-19-14(20(13)25)8-5-10-16(19)22/h2-11H,1H3,(H,23,26)(H,24,25). The maximum absolute atomic E-state index is 14.2. The molecule has 0 aliphatic carbocycles. The molecule has 4 rings (SSSR count). The minimum absolute atomic E-state index is 0.0983. The zero-order valence-corrected chi connectivity index (χ0v) is 14.0. The van der Waals surface area contributed by atoms with E-state index in [1.165, 1.54) is 12.1 Å². The van der Waals surface area contributed by atoms with Gasteiger partial charge in [-0.25, -0.2) is 4.39 Å². The average Bonchev–Trinajstić information content (AvgIpc) is 2.64. The Labute approximate surface area is 148 Å². The normalized spacial score (nSPS) is 11.0. The summed E-state index contributed by atoms with van der Waals surface area (Å²) in [4.78, 5) is 28.4. The van der Waals surface area contributed by atoms with Gasteiger partial charge in [0.15, 0.2) is 5.43 Å². The lowest BCUT2D eigenvalue weighted by molar-refractivity contribution is 0.102. The summed E-state index contributed by atoms with van der Waals surface area (Å²) in [6.07, 6.45) is 0. The van der Waals surface area contributed by atoms with Gasteiger partial charge in [-0.05, 0) is 42.8 Å². The van der Waals surface area contributed by atoms with Crippen LogP contribution in [0, 0.1) is 12.7 Å².